The summed E-state index contributed by atoms with van der Waals surface area (Å²) in [4.78, 5) is 46.8. The molecule has 474 valence electrons. The molecule has 0 fully saturated rings. The summed E-state index contributed by atoms with van der Waals surface area (Å²) in [6.45, 7) is 23.5. The lowest BCUT2D eigenvalue weighted by atomic mass is 10.1. The average Bonchev–Trinajstić information content (AvgIpc) is 1.71. The van der Waals surface area contributed by atoms with Crippen LogP contribution in [0.4, 0.5) is 0 Å². The molecular formula is C69H65BrClN7O4S10. The van der Waals surface area contributed by atoms with E-state index in [1.807, 2.05) is 11.3 Å². The number of hydrogen-bond donors (Lipinski definition) is 0. The molecule has 0 saturated heterocycles. The van der Waals surface area contributed by atoms with Crippen molar-refractivity contribution in [3.05, 3.63) is 221 Å². The zero-order chi connectivity index (χ0) is 66.5. The maximum Gasteiger partial charge on any atom is 0.194 e. The average molecular weight is 1490 g/mol. The minimum atomic E-state index is -0.500. The van der Waals surface area contributed by atoms with Crippen molar-refractivity contribution in [1.29, 1.82) is 0 Å². The molecule has 15 aromatic rings. The molecule has 0 aliphatic carbocycles. The number of aryl methyl sites for hydroxylation is 11. The van der Waals surface area contributed by atoms with E-state index in [1.54, 1.807) is 102 Å². The van der Waals surface area contributed by atoms with E-state index in [2.05, 4.69) is 240 Å². The number of aromatic nitrogens is 5. The minimum absolute atomic E-state index is 0.500. The lowest BCUT2D eigenvalue weighted by molar-refractivity contribution is -0.445. The first-order chi connectivity index (χ1) is 44.0. The molecule has 15 rings (SSSR count). The molecule has 0 bridgehead atoms. The highest BCUT2D eigenvalue weighted by Crippen LogP contribution is 2.41. The molecule has 0 aliphatic rings. The van der Waals surface area contributed by atoms with Gasteiger partial charge in [0, 0.05) is 32.1 Å². The van der Waals surface area contributed by atoms with Crippen LogP contribution in [0.15, 0.2) is 141 Å². The van der Waals surface area contributed by atoms with Gasteiger partial charge in [0.05, 0.1) is 74.4 Å². The normalized spacial score (nSPS) is 10.6. The molecule has 10 heterocycles. The van der Waals surface area contributed by atoms with Crippen LogP contribution in [-0.4, -0.2) is 55.2 Å². The zero-order valence-electron chi connectivity index (χ0n) is 52.9. The van der Waals surface area contributed by atoms with Gasteiger partial charge in [-0.15, -0.1) is 114 Å². The van der Waals surface area contributed by atoms with Crippen LogP contribution in [0.5, 0.6) is 0 Å². The third-order valence-electron chi connectivity index (χ3n) is 13.7. The van der Waals surface area contributed by atoms with Gasteiger partial charge in [0.2, 0.25) is 0 Å². The van der Waals surface area contributed by atoms with Crippen molar-refractivity contribution in [2.24, 2.45) is 0 Å². The molecule has 0 radical (unpaired) electrons. The summed E-state index contributed by atoms with van der Waals surface area (Å²) >= 11 is 25.9. The van der Waals surface area contributed by atoms with Crippen molar-refractivity contribution in [1.82, 2.24) is 24.9 Å². The van der Waals surface area contributed by atoms with Crippen LogP contribution < -0.4 is 0 Å². The molecule has 0 N–H and O–H groups in total. The van der Waals surface area contributed by atoms with E-state index in [1.165, 1.54) is 115 Å². The molecular weight excluding hydrogens is 1430 g/mol. The number of fused-ring (bicyclic) bond motifs is 5. The van der Waals surface area contributed by atoms with Crippen LogP contribution in [-0.2, 0) is 0 Å². The van der Waals surface area contributed by atoms with Gasteiger partial charge < -0.3 is 0 Å². The fraction of sp³-hybridized carbons (Fsp3) is 0.203. The quantitative estimate of drug-likeness (QED) is 0.0932. The molecule has 0 aliphatic heterocycles. The number of rotatable bonds is 5. The van der Waals surface area contributed by atoms with Crippen molar-refractivity contribution in [3.63, 3.8) is 0 Å². The van der Waals surface area contributed by atoms with E-state index in [-0.39, 0.29) is 0 Å². The van der Waals surface area contributed by atoms with E-state index in [9.17, 15) is 0 Å². The Hall–Kier alpha value is -6.38. The van der Waals surface area contributed by atoms with E-state index in [0.717, 1.165) is 70.5 Å². The predicted octanol–water partition coefficient (Wildman–Crippen LogP) is 24.9. The van der Waals surface area contributed by atoms with E-state index >= 15 is 0 Å². The fourth-order valence-corrected chi connectivity index (χ4v) is 19.2. The highest BCUT2D eigenvalue weighted by atomic mass is 79.9. The van der Waals surface area contributed by atoms with Crippen LogP contribution in [0.2, 0.25) is 0 Å². The maximum atomic E-state index is 8.81. The molecule has 23 heteroatoms. The number of hydrogen-bond acceptors (Lipinski definition) is 19. The lowest BCUT2D eigenvalue weighted by Gasteiger charge is -1.96. The summed E-state index contributed by atoms with van der Waals surface area (Å²) in [6.07, 6.45) is 1.47. The topological polar surface area (TPSA) is 151 Å². The first-order valence-electron chi connectivity index (χ1n) is 28.3. The minimum Gasteiger partial charge on any atom is -0.265 e. The SMILES string of the molecule is CCl.C[N+](=O)[O-].C[N+](=O)[O-].Cc1ccc(-c2nc3c(C)ccc(C)c3s2)s1.Cc1ccc(C)c2sc(-c3ccc(Br)s3)nc12.Cc1ccc(C)c2sc(-c3cccs3)nc12.Cc1ccc(C)c2sc(-c3cccs3)nc12.Cc1ccc(C)c2sc(-c3ccsc3)nc12. The summed E-state index contributed by atoms with van der Waals surface area (Å²) in [5, 5.41) is 31.7. The standard InChI is InChI=1S/C14H13NS2.C13H10BrNS2.3C13H11NS2.CH3Cl.2CH3NO2/c1-8-4-5-9(2)13-12(8)15-14(17-13)11-7-6-10(3)16-11;1-7-3-4-8(2)12-11(7)15-13(17-12)9-5-6-10(14)16-9;1-8-3-4-9(2)12-11(8)14-13(16-12)10-5-6-15-7-10;2*1-8-5-6-9(2)12-11(8)14-13(16-12)10-4-3-7-15-10;1-2;2*1-2(3)4/h4-7H,1-3H3;3-6H,1-2H3;3*3-7H,1-2H3;1H3;2*1H3. The van der Waals surface area contributed by atoms with Gasteiger partial charge in [0.1, 0.15) is 25.0 Å². The molecule has 11 nitrogen and oxygen atoms in total. The fourth-order valence-electron chi connectivity index (χ4n) is 9.01. The second-order valence-electron chi connectivity index (χ2n) is 20.8. The summed E-state index contributed by atoms with van der Waals surface area (Å²) in [5.74, 6) is 0. The first kappa shape index (κ1) is 71.5. The van der Waals surface area contributed by atoms with Gasteiger partial charge in [-0.1, -0.05) is 72.8 Å². The van der Waals surface area contributed by atoms with Crippen LogP contribution in [0.1, 0.15) is 60.5 Å². The summed E-state index contributed by atoms with van der Waals surface area (Å²) < 4.78 is 7.75. The predicted molar refractivity (Wildman–Crippen MR) is 412 cm³/mol. The molecule has 0 amide bonds. The van der Waals surface area contributed by atoms with Crippen LogP contribution >= 0.6 is 141 Å². The van der Waals surface area contributed by atoms with E-state index in [4.69, 9.17) is 45.1 Å². The summed E-state index contributed by atoms with van der Waals surface area (Å²) in [6, 6.07) is 40.7. The summed E-state index contributed by atoms with van der Waals surface area (Å²) in [7, 11) is 1.78. The number of halogens is 2. The van der Waals surface area contributed by atoms with E-state index < -0.39 is 9.85 Å². The van der Waals surface area contributed by atoms with Crippen molar-refractivity contribution >= 4 is 192 Å². The van der Waals surface area contributed by atoms with Gasteiger partial charge in [-0.3, -0.25) is 20.2 Å². The Morgan fingerprint density at radius 1 is 0.359 bits per heavy atom. The zero-order valence-corrected chi connectivity index (χ0v) is 63.4. The third kappa shape index (κ3) is 18.1. The van der Waals surface area contributed by atoms with Gasteiger partial charge in [-0.25, -0.2) is 24.9 Å². The van der Waals surface area contributed by atoms with Crippen LogP contribution in [0.3, 0.4) is 0 Å². The molecule has 0 unspecified atom stereocenters. The Labute approximate surface area is 588 Å². The third-order valence-corrected chi connectivity index (χ3v) is 25.4. The Morgan fingerprint density at radius 2 is 0.652 bits per heavy atom. The van der Waals surface area contributed by atoms with Gasteiger partial charge in [0.15, 0.2) is 14.1 Å². The molecule has 0 saturated carbocycles. The highest BCUT2D eigenvalue weighted by Gasteiger charge is 2.16. The molecule has 10 aromatic heterocycles. The molecule has 0 spiro atoms. The van der Waals surface area contributed by atoms with Crippen molar-refractivity contribution in [2.45, 2.75) is 76.2 Å². The first-order valence-corrected chi connectivity index (χ1v) is 38.3. The van der Waals surface area contributed by atoms with Crippen molar-refractivity contribution in [2.75, 3.05) is 20.5 Å². The Morgan fingerprint density at radius 3 is 0.913 bits per heavy atom. The second-order valence-corrected chi connectivity index (χ2v) is 32.3. The summed E-state index contributed by atoms with van der Waals surface area (Å²) in [5.41, 5.74) is 19.9. The highest BCUT2D eigenvalue weighted by molar-refractivity contribution is 9.11. The Bertz CT molecular complexity index is 4320. The van der Waals surface area contributed by atoms with Crippen LogP contribution in [0, 0.1) is 96.4 Å². The smallest absolute Gasteiger partial charge is 0.194 e. The van der Waals surface area contributed by atoms with Gasteiger partial charge >= 0.3 is 0 Å². The maximum absolute atomic E-state index is 8.81. The number of nitrogens with zero attached hydrogens (tertiary/aromatic N) is 7. The Balaban J connectivity index is 0.000000143. The molecule has 92 heavy (non-hydrogen) atoms. The van der Waals surface area contributed by atoms with Crippen molar-refractivity contribution in [3.8, 4) is 50.1 Å². The van der Waals surface area contributed by atoms with Crippen molar-refractivity contribution < 1.29 is 9.85 Å². The van der Waals surface area contributed by atoms with Gasteiger partial charge in [-0.2, -0.15) is 11.3 Å². The number of thiazole rings is 5. The number of thiophene rings is 5. The monoisotopic (exact) mass is 1490 g/mol. The second kappa shape index (κ2) is 33.1. The number of nitro groups is 2. The number of benzene rings is 5. The lowest BCUT2D eigenvalue weighted by Crippen LogP contribution is -1.79. The van der Waals surface area contributed by atoms with Crippen LogP contribution in [0.25, 0.3) is 101 Å². The van der Waals surface area contributed by atoms with Gasteiger partial charge in [0.25, 0.3) is 0 Å². The molecule has 5 aromatic carbocycles. The largest absolute Gasteiger partial charge is 0.265 e. The van der Waals surface area contributed by atoms with Gasteiger partial charge in [-0.05, 0) is 206 Å². The Kier molecular flexibility index (Phi) is 25.7. The molecule has 0 atom stereocenters. The van der Waals surface area contributed by atoms with E-state index in [0.29, 0.717) is 0 Å². The number of alkyl halides is 1.